The van der Waals surface area contributed by atoms with E-state index in [0.717, 1.165) is 22.5 Å². The maximum atomic E-state index is 13.0. The summed E-state index contributed by atoms with van der Waals surface area (Å²) < 4.78 is 5.27. The third-order valence-electron chi connectivity index (χ3n) is 5.27. The largest absolute Gasteiger partial charge is 0.447 e. The van der Waals surface area contributed by atoms with Gasteiger partial charge < -0.3 is 10.1 Å². The third kappa shape index (κ3) is 4.59. The van der Waals surface area contributed by atoms with Crippen LogP contribution in [0.2, 0.25) is 0 Å². The Kier molecular flexibility index (Phi) is 5.85. The van der Waals surface area contributed by atoms with Crippen LogP contribution in [0.3, 0.4) is 0 Å². The molecule has 4 rings (SSSR count). The van der Waals surface area contributed by atoms with E-state index in [1.807, 2.05) is 39.0 Å². The zero-order valence-electron chi connectivity index (χ0n) is 18.3. The summed E-state index contributed by atoms with van der Waals surface area (Å²) >= 11 is 0. The van der Waals surface area contributed by atoms with Crippen molar-refractivity contribution in [3.8, 4) is 11.3 Å². The Bertz CT molecular complexity index is 1130. The van der Waals surface area contributed by atoms with Crippen LogP contribution in [0.5, 0.6) is 0 Å². The summed E-state index contributed by atoms with van der Waals surface area (Å²) in [6.07, 6.45) is 6.82. The minimum Gasteiger partial charge on any atom is -0.447 e. The van der Waals surface area contributed by atoms with Crippen molar-refractivity contribution in [2.24, 2.45) is 0 Å². The summed E-state index contributed by atoms with van der Waals surface area (Å²) in [7, 11) is 0. The van der Waals surface area contributed by atoms with Crippen molar-refractivity contribution >= 4 is 17.7 Å². The number of nitrogens with one attached hydrogen (secondary N) is 1. The predicted octanol–water partition coefficient (Wildman–Crippen LogP) is 3.55. The number of ether oxygens (including phenoxy) is 1. The number of aryl methyl sites for hydroxylation is 1. The van der Waals surface area contributed by atoms with E-state index >= 15 is 0 Å². The van der Waals surface area contributed by atoms with Crippen LogP contribution >= 0.6 is 0 Å². The van der Waals surface area contributed by atoms with Crippen LogP contribution in [0, 0.1) is 6.92 Å². The molecule has 1 saturated heterocycles. The summed E-state index contributed by atoms with van der Waals surface area (Å²) in [5.74, 6) is -0.241. The number of cyclic esters (lactones) is 1. The number of benzene rings is 1. The molecule has 3 aromatic rings. The molecule has 0 spiro atoms. The molecular weight excluding hydrogens is 406 g/mol. The summed E-state index contributed by atoms with van der Waals surface area (Å²) in [5, 5.41) is 2.92. The fraction of sp³-hybridized carbons (Fsp3) is 0.292. The molecule has 0 atom stereocenters. The molecule has 2 amide bonds. The van der Waals surface area contributed by atoms with E-state index in [2.05, 4.69) is 20.3 Å². The fourth-order valence-electron chi connectivity index (χ4n) is 3.59. The number of aromatic nitrogens is 3. The molecule has 0 aliphatic carbocycles. The molecule has 1 aromatic carbocycles. The Morgan fingerprint density at radius 3 is 2.66 bits per heavy atom. The van der Waals surface area contributed by atoms with Gasteiger partial charge in [0.25, 0.3) is 5.91 Å². The average molecular weight is 431 g/mol. The number of pyridine rings is 1. The molecule has 1 aliphatic rings. The van der Waals surface area contributed by atoms with Gasteiger partial charge in [0.1, 0.15) is 6.61 Å². The van der Waals surface area contributed by atoms with E-state index in [1.165, 1.54) is 0 Å². The highest BCUT2D eigenvalue weighted by atomic mass is 16.6. The molecule has 8 nitrogen and oxygen atoms in total. The van der Waals surface area contributed by atoms with Gasteiger partial charge in [0, 0.05) is 54.6 Å². The molecule has 0 unspecified atom stereocenters. The lowest BCUT2D eigenvalue weighted by Gasteiger charge is -2.28. The van der Waals surface area contributed by atoms with E-state index in [-0.39, 0.29) is 12.5 Å². The SMILES string of the molecule is Cc1ccc(-c2cc(C(=O)NCCc3cnccn3)cc(N3C(=O)OCC3(C)C)c2)nc1. The van der Waals surface area contributed by atoms with E-state index in [1.54, 1.807) is 41.8 Å². The van der Waals surface area contributed by atoms with Crippen LogP contribution in [-0.4, -0.2) is 45.6 Å². The van der Waals surface area contributed by atoms with Gasteiger partial charge >= 0.3 is 6.09 Å². The highest BCUT2D eigenvalue weighted by Crippen LogP contribution is 2.34. The summed E-state index contributed by atoms with van der Waals surface area (Å²) in [6.45, 7) is 6.51. The average Bonchev–Trinajstić information content (AvgIpc) is 3.06. The molecule has 0 radical (unpaired) electrons. The number of hydrogen-bond donors (Lipinski definition) is 1. The molecule has 0 bridgehead atoms. The highest BCUT2D eigenvalue weighted by molar-refractivity contribution is 5.99. The molecule has 0 saturated carbocycles. The number of rotatable bonds is 6. The standard InChI is InChI=1S/C24H25N5O3/c1-16-4-5-21(28-13-16)17-10-18(22(30)27-7-6-19-14-25-8-9-26-19)12-20(11-17)29-23(31)32-15-24(29,2)3/h4-5,8-14H,6-7,15H2,1-3H3,(H,27,30). The number of amides is 2. The van der Waals surface area contributed by atoms with Crippen LogP contribution in [0.4, 0.5) is 10.5 Å². The molecule has 1 aliphatic heterocycles. The predicted molar refractivity (Wildman–Crippen MR) is 120 cm³/mol. The Balaban J connectivity index is 1.64. The lowest BCUT2D eigenvalue weighted by atomic mass is 10.0. The number of anilines is 1. The van der Waals surface area contributed by atoms with Gasteiger partial charge in [-0.1, -0.05) is 6.07 Å². The van der Waals surface area contributed by atoms with Gasteiger partial charge in [0.15, 0.2) is 0 Å². The van der Waals surface area contributed by atoms with Crippen LogP contribution in [0.1, 0.15) is 35.5 Å². The third-order valence-corrected chi connectivity index (χ3v) is 5.27. The van der Waals surface area contributed by atoms with Crippen LogP contribution in [0.25, 0.3) is 11.3 Å². The molecule has 3 heterocycles. The second kappa shape index (κ2) is 8.74. The monoisotopic (exact) mass is 431 g/mol. The van der Waals surface area contributed by atoms with Gasteiger partial charge in [0.2, 0.25) is 0 Å². The van der Waals surface area contributed by atoms with E-state index in [0.29, 0.717) is 24.2 Å². The van der Waals surface area contributed by atoms with Gasteiger partial charge in [0.05, 0.1) is 16.9 Å². The molecule has 1 N–H and O–H groups in total. The van der Waals surface area contributed by atoms with Crippen molar-refractivity contribution < 1.29 is 14.3 Å². The smallest absolute Gasteiger partial charge is 0.414 e. The minimum absolute atomic E-state index is 0.241. The maximum Gasteiger partial charge on any atom is 0.414 e. The molecule has 8 heteroatoms. The first-order valence-electron chi connectivity index (χ1n) is 10.4. The lowest BCUT2D eigenvalue weighted by molar-refractivity contribution is 0.0954. The van der Waals surface area contributed by atoms with E-state index in [9.17, 15) is 9.59 Å². The number of nitrogens with zero attached hydrogens (tertiary/aromatic N) is 4. The Labute approximate surface area is 186 Å². The minimum atomic E-state index is -0.532. The van der Waals surface area contributed by atoms with Gasteiger partial charge in [-0.15, -0.1) is 0 Å². The first-order chi connectivity index (χ1) is 15.3. The van der Waals surface area contributed by atoms with Crippen molar-refractivity contribution in [2.45, 2.75) is 32.7 Å². The van der Waals surface area contributed by atoms with Crippen molar-refractivity contribution in [3.05, 3.63) is 71.9 Å². The molecule has 2 aromatic heterocycles. The Morgan fingerprint density at radius 1 is 1.16 bits per heavy atom. The van der Waals surface area contributed by atoms with Crippen molar-refractivity contribution in [3.63, 3.8) is 0 Å². The second-order valence-electron chi connectivity index (χ2n) is 8.39. The summed E-state index contributed by atoms with van der Waals surface area (Å²) in [5.41, 5.74) is 3.80. The molecule has 32 heavy (non-hydrogen) atoms. The summed E-state index contributed by atoms with van der Waals surface area (Å²) in [6, 6.07) is 9.22. The number of carbonyl (C=O) groups is 2. The van der Waals surface area contributed by atoms with Gasteiger partial charge in [-0.25, -0.2) is 4.79 Å². The quantitative estimate of drug-likeness (QED) is 0.641. The van der Waals surface area contributed by atoms with Gasteiger partial charge in [-0.3, -0.25) is 24.6 Å². The van der Waals surface area contributed by atoms with E-state index < -0.39 is 11.6 Å². The summed E-state index contributed by atoms with van der Waals surface area (Å²) in [4.78, 5) is 39.8. The normalized spacial score (nSPS) is 14.8. The van der Waals surface area contributed by atoms with Gasteiger partial charge in [-0.2, -0.15) is 0 Å². The van der Waals surface area contributed by atoms with Crippen molar-refractivity contribution in [1.29, 1.82) is 0 Å². The Hall–Kier alpha value is -3.81. The first-order valence-corrected chi connectivity index (χ1v) is 10.4. The van der Waals surface area contributed by atoms with Crippen LogP contribution in [0.15, 0.2) is 55.1 Å². The number of carbonyl (C=O) groups excluding carboxylic acids is 2. The van der Waals surface area contributed by atoms with Gasteiger partial charge in [-0.05, 0) is 50.6 Å². The topological polar surface area (TPSA) is 97.3 Å². The van der Waals surface area contributed by atoms with Crippen molar-refractivity contribution in [2.75, 3.05) is 18.1 Å². The van der Waals surface area contributed by atoms with Crippen LogP contribution in [-0.2, 0) is 11.2 Å². The molecule has 1 fully saturated rings. The first kappa shape index (κ1) is 21.4. The maximum absolute atomic E-state index is 13.0. The van der Waals surface area contributed by atoms with E-state index in [4.69, 9.17) is 4.74 Å². The zero-order chi connectivity index (χ0) is 22.7. The van der Waals surface area contributed by atoms with Crippen LogP contribution < -0.4 is 10.2 Å². The number of hydrogen-bond acceptors (Lipinski definition) is 6. The lowest BCUT2D eigenvalue weighted by Crippen LogP contribution is -2.42. The highest BCUT2D eigenvalue weighted by Gasteiger charge is 2.41. The Morgan fingerprint density at radius 2 is 2.00 bits per heavy atom. The molecule has 164 valence electrons. The van der Waals surface area contributed by atoms with Crippen molar-refractivity contribution in [1.82, 2.24) is 20.3 Å². The second-order valence-corrected chi connectivity index (χ2v) is 8.39. The molecular formula is C24H25N5O3. The fourth-order valence-corrected chi connectivity index (χ4v) is 3.59. The zero-order valence-corrected chi connectivity index (χ0v) is 18.3.